The van der Waals surface area contributed by atoms with Gasteiger partial charge in [0.05, 0.1) is 0 Å². The number of hydrogen-bond acceptors (Lipinski definition) is 1. The molecule has 0 N–H and O–H groups in total. The highest BCUT2D eigenvalue weighted by Gasteiger charge is 2.43. The van der Waals surface area contributed by atoms with Gasteiger partial charge in [0.15, 0.2) is 0 Å². The Hall–Kier alpha value is -3.01. The monoisotopic (exact) mass is 573 g/mol. The molecule has 0 bridgehead atoms. The molecule has 2 aliphatic heterocycles. The van der Waals surface area contributed by atoms with Crippen LogP contribution in [0.1, 0.15) is 0 Å². The highest BCUT2D eigenvalue weighted by Crippen LogP contribution is 2.38. The van der Waals surface area contributed by atoms with Gasteiger partial charge in [-0.15, -0.1) is 0 Å². The van der Waals surface area contributed by atoms with Crippen LogP contribution in [0.2, 0.25) is 0 Å². The average molecular weight is 575 g/mol. The van der Waals surface area contributed by atoms with Gasteiger partial charge < -0.3 is 4.90 Å². The lowest BCUT2D eigenvalue weighted by atomic mass is 9.30. The molecular weight excluding hydrogens is 556 g/mol. The number of para-hydroxylation sites is 1. The summed E-state index contributed by atoms with van der Waals surface area (Å²) in [7, 11) is 0. The molecule has 5 heteroatoms. The van der Waals surface area contributed by atoms with E-state index in [1.807, 2.05) is 0 Å². The number of rotatable bonds is 2. The fourth-order valence-electron chi connectivity index (χ4n) is 5.94. The zero-order chi connectivity index (χ0) is 23.5. The molecule has 0 fully saturated rings. The predicted molar refractivity (Wildman–Crippen MR) is 159 cm³/mol. The van der Waals surface area contributed by atoms with Crippen molar-refractivity contribution in [2.24, 2.45) is 0 Å². The van der Waals surface area contributed by atoms with Gasteiger partial charge in [0, 0.05) is 26.0 Å². The first-order chi connectivity index (χ1) is 17.2. The van der Waals surface area contributed by atoms with Gasteiger partial charge in [0.25, 0.3) is 0 Å². The van der Waals surface area contributed by atoms with Crippen LogP contribution in [0.5, 0.6) is 0 Å². The van der Waals surface area contributed by atoms with E-state index >= 15 is 0 Å². The molecule has 0 amide bonds. The number of fused-ring (bicyclic) bond motifs is 4. The highest BCUT2D eigenvalue weighted by atomic mass is 79.9. The standard InChI is InChI=1S/C30H19B2Br2N/c33-22-14-16-28-26(18-22)31(20-8-3-1-4-9-20)24-12-7-13-25-30(24)35(28)29-17-15-23(34)19-27(29)32(25)21-10-5-2-6-11-21/h1-19H. The van der Waals surface area contributed by atoms with Crippen molar-refractivity contribution in [2.45, 2.75) is 0 Å². The first-order valence-electron chi connectivity index (χ1n) is 11.8. The van der Waals surface area contributed by atoms with Crippen molar-refractivity contribution in [1.82, 2.24) is 0 Å². The van der Waals surface area contributed by atoms with Crippen molar-refractivity contribution in [3.8, 4) is 0 Å². The molecule has 164 valence electrons. The Morgan fingerprint density at radius 2 is 0.914 bits per heavy atom. The van der Waals surface area contributed by atoms with Crippen LogP contribution in [0.3, 0.4) is 0 Å². The Morgan fingerprint density at radius 1 is 0.457 bits per heavy atom. The molecule has 2 aliphatic rings. The summed E-state index contributed by atoms with van der Waals surface area (Å²) >= 11 is 7.51. The number of hydrogen-bond donors (Lipinski definition) is 0. The third kappa shape index (κ3) is 3.29. The topological polar surface area (TPSA) is 3.24 Å². The maximum Gasteiger partial charge on any atom is 0.246 e. The molecule has 7 rings (SSSR count). The summed E-state index contributed by atoms with van der Waals surface area (Å²) in [6.07, 6.45) is 0. The van der Waals surface area contributed by atoms with Crippen molar-refractivity contribution in [2.75, 3.05) is 4.90 Å². The summed E-state index contributed by atoms with van der Waals surface area (Å²) in [5, 5.41) is 0. The van der Waals surface area contributed by atoms with Gasteiger partial charge in [-0.2, -0.15) is 0 Å². The third-order valence-corrected chi connectivity index (χ3v) is 8.28. The van der Waals surface area contributed by atoms with Gasteiger partial charge in [0.1, 0.15) is 0 Å². The first kappa shape index (κ1) is 21.3. The highest BCUT2D eigenvalue weighted by molar-refractivity contribution is 9.10. The Bertz CT molecular complexity index is 1470. The smallest absolute Gasteiger partial charge is 0.246 e. The molecule has 2 heterocycles. The van der Waals surface area contributed by atoms with Gasteiger partial charge in [0.2, 0.25) is 13.4 Å². The fraction of sp³-hybridized carbons (Fsp3) is 0. The zero-order valence-electron chi connectivity index (χ0n) is 18.8. The van der Waals surface area contributed by atoms with Crippen LogP contribution in [0.4, 0.5) is 17.1 Å². The molecule has 1 nitrogen and oxygen atoms in total. The molecule has 0 atom stereocenters. The number of benzene rings is 5. The minimum Gasteiger partial charge on any atom is -0.313 e. The van der Waals surface area contributed by atoms with Gasteiger partial charge in [-0.3, -0.25) is 0 Å². The Morgan fingerprint density at radius 3 is 1.37 bits per heavy atom. The number of halogens is 2. The van der Waals surface area contributed by atoms with E-state index < -0.39 is 0 Å². The summed E-state index contributed by atoms with van der Waals surface area (Å²) in [5.41, 5.74) is 11.8. The van der Waals surface area contributed by atoms with E-state index in [-0.39, 0.29) is 13.4 Å². The second-order valence-corrected chi connectivity index (χ2v) is 11.0. The maximum atomic E-state index is 3.76. The Balaban J connectivity index is 1.59. The quantitative estimate of drug-likeness (QED) is 0.278. The molecule has 0 aliphatic carbocycles. The fourth-order valence-corrected chi connectivity index (χ4v) is 6.70. The number of anilines is 3. The van der Waals surface area contributed by atoms with Crippen molar-refractivity contribution in [3.05, 3.63) is 124 Å². The van der Waals surface area contributed by atoms with Gasteiger partial charge in [-0.1, -0.05) is 134 Å². The third-order valence-electron chi connectivity index (χ3n) is 7.29. The molecular formula is C30H19B2Br2N. The Labute approximate surface area is 223 Å². The summed E-state index contributed by atoms with van der Waals surface area (Å²) in [6.45, 7) is 0.339. The van der Waals surface area contributed by atoms with E-state index in [2.05, 4.69) is 152 Å². The molecule has 5 aromatic rings. The number of nitrogens with zero attached hydrogens (tertiary/aromatic N) is 1. The minimum atomic E-state index is 0.170. The summed E-state index contributed by atoms with van der Waals surface area (Å²) < 4.78 is 2.21. The van der Waals surface area contributed by atoms with E-state index in [0.717, 1.165) is 8.95 Å². The second kappa shape index (κ2) is 8.29. The summed E-state index contributed by atoms with van der Waals surface area (Å²) in [4.78, 5) is 2.49. The normalized spacial score (nSPS) is 13.3. The van der Waals surface area contributed by atoms with Gasteiger partial charge in [-0.05, 0) is 46.1 Å². The average Bonchev–Trinajstić information content (AvgIpc) is 2.89. The second-order valence-electron chi connectivity index (χ2n) is 9.21. The van der Waals surface area contributed by atoms with Crippen molar-refractivity contribution in [3.63, 3.8) is 0 Å². The molecule has 0 saturated heterocycles. The van der Waals surface area contributed by atoms with Crippen molar-refractivity contribution in [1.29, 1.82) is 0 Å². The zero-order valence-corrected chi connectivity index (χ0v) is 22.0. The van der Waals surface area contributed by atoms with Crippen LogP contribution in [0.15, 0.2) is 124 Å². The minimum absolute atomic E-state index is 0.170. The van der Waals surface area contributed by atoms with E-state index in [1.165, 1.54) is 49.8 Å². The SMILES string of the molecule is Brc1ccc2c(c1)B(c1ccccc1)c1cccc3c1N2c1ccc(Br)cc1B3c1ccccc1. The van der Waals surface area contributed by atoms with E-state index in [9.17, 15) is 0 Å². The molecule has 35 heavy (non-hydrogen) atoms. The maximum absolute atomic E-state index is 3.76. The van der Waals surface area contributed by atoms with Gasteiger partial charge in [-0.25, -0.2) is 0 Å². The Kier molecular flexibility index (Phi) is 5.04. The lowest BCUT2D eigenvalue weighted by molar-refractivity contribution is 1.30. The van der Waals surface area contributed by atoms with Crippen LogP contribution >= 0.6 is 31.9 Å². The summed E-state index contributed by atoms with van der Waals surface area (Å²) in [5.74, 6) is 0. The lowest BCUT2D eigenvalue weighted by Crippen LogP contribution is -2.64. The molecule has 0 radical (unpaired) electrons. The lowest BCUT2D eigenvalue weighted by Gasteiger charge is -2.44. The van der Waals surface area contributed by atoms with Crippen molar-refractivity contribution < 1.29 is 0 Å². The van der Waals surface area contributed by atoms with Crippen LogP contribution in [0, 0.1) is 0 Å². The van der Waals surface area contributed by atoms with Crippen LogP contribution < -0.4 is 37.7 Å². The van der Waals surface area contributed by atoms with Crippen molar-refractivity contribution >= 4 is 95.1 Å². The van der Waals surface area contributed by atoms with E-state index in [1.54, 1.807) is 0 Å². The summed E-state index contributed by atoms with van der Waals surface area (Å²) in [6, 6.07) is 42.1. The molecule has 0 spiro atoms. The first-order valence-corrected chi connectivity index (χ1v) is 13.4. The molecule has 5 aromatic carbocycles. The predicted octanol–water partition coefficient (Wildman–Crippen LogP) is 4.34. The molecule has 0 aromatic heterocycles. The molecule has 0 saturated carbocycles. The van der Waals surface area contributed by atoms with Gasteiger partial charge >= 0.3 is 0 Å². The van der Waals surface area contributed by atoms with E-state index in [4.69, 9.17) is 0 Å². The van der Waals surface area contributed by atoms with Crippen LogP contribution in [-0.2, 0) is 0 Å². The largest absolute Gasteiger partial charge is 0.313 e. The van der Waals surface area contributed by atoms with E-state index in [0.29, 0.717) is 0 Å². The van der Waals surface area contributed by atoms with Crippen LogP contribution in [0.25, 0.3) is 0 Å². The molecule has 0 unspecified atom stereocenters. The van der Waals surface area contributed by atoms with Crippen LogP contribution in [-0.4, -0.2) is 13.4 Å².